The zero-order valence-corrected chi connectivity index (χ0v) is 8.78. The molecule has 1 rings (SSSR count). The fourth-order valence-electron chi connectivity index (χ4n) is 1.15. The quantitative estimate of drug-likeness (QED) is 0.698. The van der Waals surface area contributed by atoms with Crippen LogP contribution in [-0.2, 0) is 0 Å². The summed E-state index contributed by atoms with van der Waals surface area (Å²) in [5.41, 5.74) is 1.22. The molecule has 1 aromatic rings. The van der Waals surface area contributed by atoms with E-state index >= 15 is 0 Å². The van der Waals surface area contributed by atoms with Gasteiger partial charge in [-0.2, -0.15) is 12.6 Å². The van der Waals surface area contributed by atoms with E-state index in [4.69, 9.17) is 11.6 Å². The molecular formula is C10H13ClS. The van der Waals surface area contributed by atoms with Crippen LogP contribution >= 0.6 is 24.2 Å². The van der Waals surface area contributed by atoms with Crippen molar-refractivity contribution in [2.24, 2.45) is 0 Å². The van der Waals surface area contributed by atoms with Gasteiger partial charge in [-0.3, -0.25) is 0 Å². The second-order valence-electron chi connectivity index (χ2n) is 2.86. The molecule has 0 saturated carbocycles. The van der Waals surface area contributed by atoms with E-state index in [1.807, 2.05) is 18.2 Å². The highest BCUT2D eigenvalue weighted by atomic mass is 35.5. The standard InChI is InChI=1S/C10H13ClS/c1-2-4-10(12)8-5-3-6-9(11)7-8/h3,5-7,10,12H,2,4H2,1H3. The van der Waals surface area contributed by atoms with Crippen LogP contribution in [0.4, 0.5) is 0 Å². The van der Waals surface area contributed by atoms with Gasteiger partial charge in [0, 0.05) is 10.3 Å². The summed E-state index contributed by atoms with van der Waals surface area (Å²) < 4.78 is 0. The van der Waals surface area contributed by atoms with Crippen LogP contribution in [0.1, 0.15) is 30.6 Å². The summed E-state index contributed by atoms with van der Waals surface area (Å²) in [4.78, 5) is 0. The topological polar surface area (TPSA) is 0 Å². The van der Waals surface area contributed by atoms with Gasteiger partial charge in [0.25, 0.3) is 0 Å². The molecule has 0 saturated heterocycles. The first-order chi connectivity index (χ1) is 5.74. The van der Waals surface area contributed by atoms with Crippen molar-refractivity contribution in [1.29, 1.82) is 0 Å². The summed E-state index contributed by atoms with van der Waals surface area (Å²) >= 11 is 10.3. The summed E-state index contributed by atoms with van der Waals surface area (Å²) in [7, 11) is 0. The fourth-order valence-corrected chi connectivity index (χ4v) is 1.77. The molecule has 0 aliphatic rings. The summed E-state index contributed by atoms with van der Waals surface area (Å²) in [5.74, 6) is 0. The lowest BCUT2D eigenvalue weighted by Gasteiger charge is -2.09. The van der Waals surface area contributed by atoms with Gasteiger partial charge in [0.05, 0.1) is 0 Å². The second-order valence-corrected chi connectivity index (χ2v) is 3.92. The van der Waals surface area contributed by atoms with Gasteiger partial charge in [0.1, 0.15) is 0 Å². The van der Waals surface area contributed by atoms with Crippen LogP contribution in [0.15, 0.2) is 24.3 Å². The number of thiol groups is 1. The van der Waals surface area contributed by atoms with Gasteiger partial charge in [-0.25, -0.2) is 0 Å². The Bertz CT molecular complexity index is 247. The van der Waals surface area contributed by atoms with E-state index in [1.165, 1.54) is 5.56 Å². The third-order valence-electron chi connectivity index (χ3n) is 1.80. The van der Waals surface area contributed by atoms with E-state index in [1.54, 1.807) is 0 Å². The predicted octanol–water partition coefficient (Wildman–Crippen LogP) is 4.11. The Balaban J connectivity index is 2.73. The summed E-state index contributed by atoms with van der Waals surface area (Å²) in [5, 5.41) is 1.12. The smallest absolute Gasteiger partial charge is 0.0409 e. The van der Waals surface area contributed by atoms with Gasteiger partial charge >= 0.3 is 0 Å². The van der Waals surface area contributed by atoms with Crippen LogP contribution in [0.2, 0.25) is 5.02 Å². The number of benzene rings is 1. The minimum atomic E-state index is 0.327. The molecule has 0 aliphatic heterocycles. The van der Waals surface area contributed by atoms with E-state index in [0.29, 0.717) is 5.25 Å². The van der Waals surface area contributed by atoms with Gasteiger partial charge in [-0.15, -0.1) is 0 Å². The van der Waals surface area contributed by atoms with E-state index in [2.05, 4.69) is 25.6 Å². The van der Waals surface area contributed by atoms with Gasteiger partial charge in [0.15, 0.2) is 0 Å². The van der Waals surface area contributed by atoms with E-state index in [-0.39, 0.29) is 0 Å². The van der Waals surface area contributed by atoms with Crippen LogP contribution in [0.25, 0.3) is 0 Å². The average molecular weight is 201 g/mol. The van der Waals surface area contributed by atoms with Crippen LogP contribution in [-0.4, -0.2) is 0 Å². The van der Waals surface area contributed by atoms with Crippen LogP contribution < -0.4 is 0 Å². The number of hydrogen-bond donors (Lipinski definition) is 1. The van der Waals surface area contributed by atoms with Gasteiger partial charge in [-0.05, 0) is 24.1 Å². The molecule has 0 heterocycles. The molecule has 0 aliphatic carbocycles. The van der Waals surface area contributed by atoms with Crippen molar-refractivity contribution in [3.63, 3.8) is 0 Å². The zero-order chi connectivity index (χ0) is 8.97. The number of halogens is 1. The molecular weight excluding hydrogens is 188 g/mol. The van der Waals surface area contributed by atoms with E-state index in [9.17, 15) is 0 Å². The van der Waals surface area contributed by atoms with Gasteiger partial charge in [-0.1, -0.05) is 37.1 Å². The van der Waals surface area contributed by atoms with Crippen molar-refractivity contribution >= 4 is 24.2 Å². The maximum absolute atomic E-state index is 5.86. The van der Waals surface area contributed by atoms with Crippen molar-refractivity contribution in [1.82, 2.24) is 0 Å². The molecule has 0 bridgehead atoms. The molecule has 0 aromatic heterocycles. The third-order valence-corrected chi connectivity index (χ3v) is 2.59. The molecule has 0 nitrogen and oxygen atoms in total. The highest BCUT2D eigenvalue weighted by Crippen LogP contribution is 2.26. The average Bonchev–Trinajstić information content (AvgIpc) is 2.05. The lowest BCUT2D eigenvalue weighted by atomic mass is 10.1. The SMILES string of the molecule is CCCC(S)c1cccc(Cl)c1. The maximum Gasteiger partial charge on any atom is 0.0409 e. The minimum Gasteiger partial charge on any atom is -0.171 e. The first-order valence-electron chi connectivity index (χ1n) is 4.17. The van der Waals surface area contributed by atoms with Gasteiger partial charge in [0.2, 0.25) is 0 Å². The first kappa shape index (κ1) is 9.94. The fraction of sp³-hybridized carbons (Fsp3) is 0.400. The summed E-state index contributed by atoms with van der Waals surface area (Å²) in [6, 6.07) is 7.90. The Morgan fingerprint density at radius 1 is 1.50 bits per heavy atom. The van der Waals surface area contributed by atoms with Crippen molar-refractivity contribution in [3.8, 4) is 0 Å². The molecule has 0 amide bonds. The molecule has 1 aromatic carbocycles. The largest absolute Gasteiger partial charge is 0.171 e. The second kappa shape index (κ2) is 4.78. The maximum atomic E-state index is 5.86. The van der Waals surface area contributed by atoms with Crippen LogP contribution in [0.5, 0.6) is 0 Å². The lowest BCUT2D eigenvalue weighted by Crippen LogP contribution is -1.88. The Labute approximate surface area is 84.3 Å². The monoisotopic (exact) mass is 200 g/mol. The molecule has 2 heteroatoms. The molecule has 12 heavy (non-hydrogen) atoms. The zero-order valence-electron chi connectivity index (χ0n) is 7.13. The Kier molecular flexibility index (Phi) is 3.96. The van der Waals surface area contributed by atoms with E-state index < -0.39 is 0 Å². The Hall–Kier alpha value is -0.140. The first-order valence-corrected chi connectivity index (χ1v) is 5.07. The lowest BCUT2D eigenvalue weighted by molar-refractivity contribution is 0.783. The third kappa shape index (κ3) is 2.72. The highest BCUT2D eigenvalue weighted by Gasteiger charge is 2.04. The summed E-state index contributed by atoms with van der Waals surface area (Å²) in [6.07, 6.45) is 2.25. The minimum absolute atomic E-state index is 0.327. The van der Waals surface area contributed by atoms with Crippen molar-refractivity contribution < 1.29 is 0 Å². The number of hydrogen-bond acceptors (Lipinski definition) is 1. The van der Waals surface area contributed by atoms with E-state index in [0.717, 1.165) is 17.9 Å². The molecule has 0 spiro atoms. The van der Waals surface area contributed by atoms with Crippen molar-refractivity contribution in [3.05, 3.63) is 34.9 Å². The Morgan fingerprint density at radius 3 is 2.83 bits per heavy atom. The molecule has 1 unspecified atom stereocenters. The van der Waals surface area contributed by atoms with Crippen molar-refractivity contribution in [2.75, 3.05) is 0 Å². The molecule has 1 atom stereocenters. The van der Waals surface area contributed by atoms with Crippen molar-refractivity contribution in [2.45, 2.75) is 25.0 Å². The van der Waals surface area contributed by atoms with Crippen LogP contribution in [0.3, 0.4) is 0 Å². The normalized spacial score (nSPS) is 12.9. The molecule has 0 fully saturated rings. The van der Waals surface area contributed by atoms with Crippen LogP contribution in [0, 0.1) is 0 Å². The molecule has 0 N–H and O–H groups in total. The summed E-state index contributed by atoms with van der Waals surface area (Å²) in [6.45, 7) is 2.16. The molecule has 66 valence electrons. The Morgan fingerprint density at radius 2 is 2.25 bits per heavy atom. The highest BCUT2D eigenvalue weighted by molar-refractivity contribution is 7.80. The van der Waals surface area contributed by atoms with Gasteiger partial charge < -0.3 is 0 Å². The molecule has 0 radical (unpaired) electrons. The predicted molar refractivity (Wildman–Crippen MR) is 58.1 cm³/mol. The number of rotatable bonds is 3.